The Hall–Kier alpha value is -4.04. The van der Waals surface area contributed by atoms with Crippen molar-refractivity contribution < 1.29 is 18.8 Å². The minimum absolute atomic E-state index is 0.0683. The zero-order chi connectivity index (χ0) is 23.4. The summed E-state index contributed by atoms with van der Waals surface area (Å²) in [5.41, 5.74) is 1.66. The molecule has 168 valence electrons. The van der Waals surface area contributed by atoms with Crippen LogP contribution >= 0.6 is 11.6 Å². The molecule has 33 heavy (non-hydrogen) atoms. The molecule has 0 unspecified atom stereocenters. The van der Waals surface area contributed by atoms with E-state index in [0.29, 0.717) is 33.5 Å². The van der Waals surface area contributed by atoms with Crippen LogP contribution in [-0.4, -0.2) is 29.9 Å². The number of carbonyl (C=O) groups excluding carboxylic acids is 1. The van der Waals surface area contributed by atoms with E-state index >= 15 is 0 Å². The largest absolute Gasteiger partial charge is 0.497 e. The second-order valence-corrected chi connectivity index (χ2v) is 7.48. The number of amides is 1. The van der Waals surface area contributed by atoms with Crippen LogP contribution in [0.15, 0.2) is 76.2 Å². The van der Waals surface area contributed by atoms with E-state index in [2.05, 4.69) is 10.5 Å². The molecule has 1 amide bonds. The molecule has 4 rings (SSSR count). The topological polar surface area (TPSA) is 95.6 Å². The first-order valence-electron chi connectivity index (χ1n) is 9.93. The number of anilines is 1. The van der Waals surface area contributed by atoms with Gasteiger partial charge in [-0.25, -0.2) is 0 Å². The van der Waals surface area contributed by atoms with Crippen LogP contribution in [-0.2, 0) is 6.54 Å². The summed E-state index contributed by atoms with van der Waals surface area (Å²) >= 11 is 6.20. The third-order valence-corrected chi connectivity index (χ3v) is 5.32. The summed E-state index contributed by atoms with van der Waals surface area (Å²) in [7, 11) is 3.09. The van der Waals surface area contributed by atoms with Gasteiger partial charge >= 0.3 is 0 Å². The molecule has 0 atom stereocenters. The smallest absolute Gasteiger partial charge is 0.277 e. The van der Waals surface area contributed by atoms with Gasteiger partial charge in [0, 0.05) is 23.4 Å². The fourth-order valence-electron chi connectivity index (χ4n) is 3.25. The lowest BCUT2D eigenvalue weighted by atomic mass is 10.1. The number of hydrogen-bond acceptors (Lipinski definition) is 6. The van der Waals surface area contributed by atoms with Crippen LogP contribution in [0.25, 0.3) is 11.3 Å². The second-order valence-electron chi connectivity index (χ2n) is 7.07. The van der Waals surface area contributed by atoms with Gasteiger partial charge in [-0.15, -0.1) is 0 Å². The quantitative estimate of drug-likeness (QED) is 0.432. The minimum Gasteiger partial charge on any atom is -0.497 e. The molecule has 0 aliphatic heterocycles. The van der Waals surface area contributed by atoms with Crippen molar-refractivity contribution in [1.29, 1.82) is 0 Å². The molecule has 0 fully saturated rings. The number of methoxy groups -OCH3 is 2. The first-order valence-corrected chi connectivity index (χ1v) is 10.3. The Morgan fingerprint density at radius 1 is 1.09 bits per heavy atom. The number of ether oxygens (including phenoxy) is 2. The first kappa shape index (κ1) is 22.2. The Kier molecular flexibility index (Phi) is 6.46. The fraction of sp³-hybridized carbons (Fsp3) is 0.125. The van der Waals surface area contributed by atoms with E-state index in [1.165, 1.54) is 29.9 Å². The highest BCUT2D eigenvalue weighted by Gasteiger charge is 2.18. The first-order chi connectivity index (χ1) is 16.0. The van der Waals surface area contributed by atoms with Gasteiger partial charge < -0.3 is 23.9 Å². The summed E-state index contributed by atoms with van der Waals surface area (Å²) in [6, 6.07) is 16.9. The number of nitrogens with zero attached hydrogens (tertiary/aromatic N) is 2. The maximum atomic E-state index is 12.7. The van der Waals surface area contributed by atoms with Crippen LogP contribution in [0, 0.1) is 0 Å². The van der Waals surface area contributed by atoms with Gasteiger partial charge in [0.05, 0.1) is 32.0 Å². The maximum absolute atomic E-state index is 12.7. The van der Waals surface area contributed by atoms with Crippen LogP contribution in [0.5, 0.6) is 11.5 Å². The average molecular weight is 466 g/mol. The van der Waals surface area contributed by atoms with Crippen LogP contribution < -0.4 is 20.3 Å². The Bertz CT molecular complexity index is 1360. The monoisotopic (exact) mass is 465 g/mol. The second kappa shape index (κ2) is 9.62. The van der Waals surface area contributed by atoms with Crippen molar-refractivity contribution in [2.24, 2.45) is 0 Å². The number of rotatable bonds is 7. The van der Waals surface area contributed by atoms with Gasteiger partial charge in [-0.3, -0.25) is 9.59 Å². The summed E-state index contributed by atoms with van der Waals surface area (Å²) in [5.74, 6) is 1.01. The van der Waals surface area contributed by atoms with E-state index in [1.54, 1.807) is 37.6 Å². The van der Waals surface area contributed by atoms with Gasteiger partial charge in [-0.1, -0.05) is 35.0 Å². The molecule has 1 N–H and O–H groups in total. The molecule has 9 heteroatoms. The SMILES string of the molecule is COc1ccc(OC)c(-c2cc(C(=O)Nc3ccc(=O)n(Cc4ccccc4Cl)c3)no2)c1. The molecule has 8 nitrogen and oxygen atoms in total. The lowest BCUT2D eigenvalue weighted by molar-refractivity contribution is 0.101. The van der Waals surface area contributed by atoms with E-state index in [-0.39, 0.29) is 17.8 Å². The van der Waals surface area contributed by atoms with E-state index < -0.39 is 5.91 Å². The van der Waals surface area contributed by atoms with E-state index in [4.69, 9.17) is 25.6 Å². The van der Waals surface area contributed by atoms with Crippen LogP contribution in [0.4, 0.5) is 5.69 Å². The van der Waals surface area contributed by atoms with Crippen molar-refractivity contribution in [3.05, 3.63) is 93.5 Å². The van der Waals surface area contributed by atoms with Crippen LogP contribution in [0.1, 0.15) is 16.1 Å². The number of benzene rings is 2. The third kappa shape index (κ3) is 4.91. The predicted octanol–water partition coefficient (Wildman–Crippen LogP) is 4.47. The van der Waals surface area contributed by atoms with E-state index in [9.17, 15) is 9.59 Å². The third-order valence-electron chi connectivity index (χ3n) is 4.95. The number of hydrogen-bond donors (Lipinski definition) is 1. The molecule has 0 aliphatic rings. The van der Waals surface area contributed by atoms with Crippen molar-refractivity contribution in [3.8, 4) is 22.8 Å². The predicted molar refractivity (Wildman–Crippen MR) is 124 cm³/mol. The van der Waals surface area contributed by atoms with Crippen LogP contribution in [0.3, 0.4) is 0 Å². The Morgan fingerprint density at radius 2 is 1.91 bits per heavy atom. The Morgan fingerprint density at radius 3 is 2.67 bits per heavy atom. The zero-order valence-corrected chi connectivity index (χ0v) is 18.6. The molecule has 0 saturated heterocycles. The molecule has 0 aliphatic carbocycles. The number of carbonyl (C=O) groups is 1. The number of pyridine rings is 1. The Balaban J connectivity index is 1.55. The standard InChI is InChI=1S/C24H20ClN3O5/c1-31-17-8-9-21(32-2)18(11-17)22-12-20(27-33-22)24(30)26-16-7-10-23(29)28(14-16)13-15-5-3-4-6-19(15)25/h3-12,14H,13H2,1-2H3,(H,26,30). The fourth-order valence-corrected chi connectivity index (χ4v) is 3.45. The molecule has 0 spiro atoms. The van der Waals surface area contributed by atoms with Crippen molar-refractivity contribution >= 4 is 23.2 Å². The van der Waals surface area contributed by atoms with Gasteiger partial charge in [0.2, 0.25) is 0 Å². The lowest BCUT2D eigenvalue weighted by Gasteiger charge is -2.10. The van der Waals surface area contributed by atoms with Crippen LogP contribution in [0.2, 0.25) is 5.02 Å². The number of aromatic nitrogens is 2. The number of halogens is 1. The molecule has 0 saturated carbocycles. The molecule has 4 aromatic rings. The number of nitrogens with one attached hydrogen (secondary N) is 1. The van der Waals surface area contributed by atoms with Gasteiger partial charge in [0.25, 0.3) is 11.5 Å². The Labute approximate surface area is 194 Å². The van der Waals surface area contributed by atoms with Gasteiger partial charge in [0.1, 0.15) is 11.5 Å². The molecule has 2 aromatic heterocycles. The summed E-state index contributed by atoms with van der Waals surface area (Å²) in [6.07, 6.45) is 1.55. The highest BCUT2D eigenvalue weighted by Crippen LogP contribution is 2.33. The van der Waals surface area contributed by atoms with E-state index in [0.717, 1.165) is 5.56 Å². The minimum atomic E-state index is -0.491. The molecular formula is C24H20ClN3O5. The molecule has 2 heterocycles. The summed E-state index contributed by atoms with van der Waals surface area (Å²) in [6.45, 7) is 0.270. The highest BCUT2D eigenvalue weighted by atomic mass is 35.5. The van der Waals surface area contributed by atoms with Gasteiger partial charge in [0.15, 0.2) is 11.5 Å². The van der Waals surface area contributed by atoms with E-state index in [1.807, 2.05) is 18.2 Å². The maximum Gasteiger partial charge on any atom is 0.277 e. The highest BCUT2D eigenvalue weighted by molar-refractivity contribution is 6.31. The average Bonchev–Trinajstić information content (AvgIpc) is 3.32. The van der Waals surface area contributed by atoms with Crippen molar-refractivity contribution in [1.82, 2.24) is 9.72 Å². The summed E-state index contributed by atoms with van der Waals surface area (Å²) in [4.78, 5) is 25.0. The lowest BCUT2D eigenvalue weighted by Crippen LogP contribution is -2.21. The van der Waals surface area contributed by atoms with Gasteiger partial charge in [-0.05, 0) is 35.9 Å². The normalized spacial score (nSPS) is 10.6. The molecule has 0 radical (unpaired) electrons. The van der Waals surface area contributed by atoms with Gasteiger partial charge in [-0.2, -0.15) is 0 Å². The molecule has 0 bridgehead atoms. The molecular weight excluding hydrogens is 446 g/mol. The van der Waals surface area contributed by atoms with Crippen molar-refractivity contribution in [2.45, 2.75) is 6.54 Å². The molecule has 2 aromatic carbocycles. The summed E-state index contributed by atoms with van der Waals surface area (Å²) in [5, 5.41) is 7.16. The zero-order valence-electron chi connectivity index (χ0n) is 17.9. The van der Waals surface area contributed by atoms with Crippen molar-refractivity contribution in [3.63, 3.8) is 0 Å². The summed E-state index contributed by atoms with van der Waals surface area (Å²) < 4.78 is 17.4. The van der Waals surface area contributed by atoms with Crippen molar-refractivity contribution in [2.75, 3.05) is 19.5 Å².